The van der Waals surface area contributed by atoms with E-state index >= 15 is 0 Å². The number of benzene rings is 2. The standard InChI is InChI=1S/C23H20N2O4S/c1-27-18-7-5-14(6-8-18)9-21-24-25-23(29-21)30-13-17-12-22(26)28-20-11-16-4-2-3-15(16)10-19(17)20/h5-8,10-12H,2-4,9,13H2,1H3. The van der Waals surface area contributed by atoms with Gasteiger partial charge in [-0.15, -0.1) is 10.2 Å². The van der Waals surface area contributed by atoms with E-state index in [0.29, 0.717) is 28.9 Å². The van der Waals surface area contributed by atoms with E-state index in [4.69, 9.17) is 13.6 Å². The maximum atomic E-state index is 12.0. The molecule has 2 aromatic carbocycles. The number of fused-ring (bicyclic) bond motifs is 2. The lowest BCUT2D eigenvalue weighted by atomic mass is 10.0. The van der Waals surface area contributed by atoms with Crippen LogP contribution < -0.4 is 10.4 Å². The number of aryl methyl sites for hydroxylation is 2. The van der Waals surface area contributed by atoms with Gasteiger partial charge >= 0.3 is 5.63 Å². The molecule has 4 aromatic rings. The maximum Gasteiger partial charge on any atom is 0.336 e. The summed E-state index contributed by atoms with van der Waals surface area (Å²) in [4.78, 5) is 12.0. The molecule has 0 amide bonds. The molecule has 30 heavy (non-hydrogen) atoms. The minimum Gasteiger partial charge on any atom is -0.497 e. The maximum absolute atomic E-state index is 12.0. The second-order valence-corrected chi connectivity index (χ2v) is 8.26. The van der Waals surface area contributed by atoms with Crippen LogP contribution in [0.5, 0.6) is 5.75 Å². The van der Waals surface area contributed by atoms with Gasteiger partial charge in [-0.2, -0.15) is 0 Å². The molecular weight excluding hydrogens is 400 g/mol. The Morgan fingerprint density at radius 1 is 1.03 bits per heavy atom. The van der Waals surface area contributed by atoms with Gasteiger partial charge in [0.05, 0.1) is 13.5 Å². The third kappa shape index (κ3) is 3.85. The van der Waals surface area contributed by atoms with Gasteiger partial charge in [-0.1, -0.05) is 23.9 Å². The van der Waals surface area contributed by atoms with Crippen molar-refractivity contribution in [3.05, 3.63) is 81.0 Å². The molecule has 0 unspecified atom stereocenters. The van der Waals surface area contributed by atoms with Gasteiger partial charge in [0.1, 0.15) is 11.3 Å². The van der Waals surface area contributed by atoms with Gasteiger partial charge < -0.3 is 13.6 Å². The molecule has 6 nitrogen and oxygen atoms in total. The largest absolute Gasteiger partial charge is 0.497 e. The highest BCUT2D eigenvalue weighted by atomic mass is 32.2. The van der Waals surface area contributed by atoms with E-state index in [0.717, 1.165) is 41.5 Å². The quantitative estimate of drug-likeness (QED) is 0.334. The van der Waals surface area contributed by atoms with Gasteiger partial charge in [0.25, 0.3) is 5.22 Å². The van der Waals surface area contributed by atoms with Crippen molar-refractivity contribution in [3.8, 4) is 5.75 Å². The highest BCUT2D eigenvalue weighted by Gasteiger charge is 2.16. The first-order valence-corrected chi connectivity index (χ1v) is 10.8. The first kappa shape index (κ1) is 18.9. The molecular formula is C23H20N2O4S. The third-order valence-electron chi connectivity index (χ3n) is 5.36. The van der Waals surface area contributed by atoms with Crippen LogP contribution in [0, 0.1) is 0 Å². The number of methoxy groups -OCH3 is 1. The summed E-state index contributed by atoms with van der Waals surface area (Å²) in [5.74, 6) is 1.93. The molecule has 0 saturated heterocycles. The fourth-order valence-electron chi connectivity index (χ4n) is 3.84. The number of hydrogen-bond acceptors (Lipinski definition) is 7. The average Bonchev–Trinajstić information content (AvgIpc) is 3.40. The molecule has 2 aromatic heterocycles. The van der Waals surface area contributed by atoms with Crippen LogP contribution in [-0.2, 0) is 25.0 Å². The minimum atomic E-state index is -0.332. The Morgan fingerprint density at radius 2 is 1.83 bits per heavy atom. The Labute approximate surface area is 177 Å². The van der Waals surface area contributed by atoms with Crippen molar-refractivity contribution >= 4 is 22.7 Å². The molecule has 2 heterocycles. The number of hydrogen-bond donors (Lipinski definition) is 0. The molecule has 0 saturated carbocycles. The second-order valence-electron chi connectivity index (χ2n) is 7.34. The van der Waals surface area contributed by atoms with Gasteiger partial charge in [0, 0.05) is 17.2 Å². The first-order chi connectivity index (χ1) is 14.7. The van der Waals surface area contributed by atoms with Crippen molar-refractivity contribution in [2.24, 2.45) is 0 Å². The summed E-state index contributed by atoms with van der Waals surface area (Å²) in [5, 5.41) is 9.76. The molecule has 0 aliphatic heterocycles. The molecule has 0 N–H and O–H groups in total. The molecule has 0 atom stereocenters. The summed E-state index contributed by atoms with van der Waals surface area (Å²) in [5.41, 5.74) is 4.95. The van der Waals surface area contributed by atoms with Crippen LogP contribution in [0.4, 0.5) is 0 Å². The van der Waals surface area contributed by atoms with Crippen molar-refractivity contribution in [1.82, 2.24) is 10.2 Å². The number of nitrogens with zero attached hydrogens (tertiary/aromatic N) is 2. The van der Waals surface area contributed by atoms with Crippen molar-refractivity contribution in [1.29, 1.82) is 0 Å². The molecule has 0 spiro atoms. The fraction of sp³-hybridized carbons (Fsp3) is 0.261. The fourth-order valence-corrected chi connectivity index (χ4v) is 4.61. The van der Waals surface area contributed by atoms with Gasteiger partial charge in [-0.05, 0) is 65.8 Å². The second kappa shape index (κ2) is 7.99. The van der Waals surface area contributed by atoms with Crippen LogP contribution in [0.2, 0.25) is 0 Å². The third-order valence-corrected chi connectivity index (χ3v) is 6.22. The molecule has 1 aliphatic carbocycles. The summed E-state index contributed by atoms with van der Waals surface area (Å²) in [6, 6.07) is 13.5. The van der Waals surface area contributed by atoms with Crippen LogP contribution in [0.3, 0.4) is 0 Å². The number of rotatable bonds is 6. The van der Waals surface area contributed by atoms with E-state index in [9.17, 15) is 4.79 Å². The highest BCUT2D eigenvalue weighted by molar-refractivity contribution is 7.98. The smallest absolute Gasteiger partial charge is 0.336 e. The van der Waals surface area contributed by atoms with Gasteiger partial charge in [0.2, 0.25) is 5.89 Å². The number of thioether (sulfide) groups is 1. The van der Waals surface area contributed by atoms with E-state index in [-0.39, 0.29) is 5.63 Å². The number of ether oxygens (including phenoxy) is 1. The number of aromatic nitrogens is 2. The summed E-state index contributed by atoms with van der Waals surface area (Å²) in [6.07, 6.45) is 3.84. The molecule has 0 radical (unpaired) electrons. The van der Waals surface area contributed by atoms with Crippen LogP contribution in [0.15, 0.2) is 61.3 Å². The zero-order chi connectivity index (χ0) is 20.5. The van der Waals surface area contributed by atoms with Crippen LogP contribution in [0.1, 0.15) is 34.6 Å². The zero-order valence-electron chi connectivity index (χ0n) is 16.5. The molecule has 1 aliphatic rings. The van der Waals surface area contributed by atoms with Crippen molar-refractivity contribution in [2.75, 3.05) is 7.11 Å². The summed E-state index contributed by atoms with van der Waals surface area (Å²) in [6.45, 7) is 0. The van der Waals surface area contributed by atoms with E-state index in [1.165, 1.54) is 22.9 Å². The first-order valence-electron chi connectivity index (χ1n) is 9.84. The van der Waals surface area contributed by atoms with E-state index in [1.54, 1.807) is 13.2 Å². The molecule has 152 valence electrons. The topological polar surface area (TPSA) is 78.4 Å². The van der Waals surface area contributed by atoms with Crippen molar-refractivity contribution in [3.63, 3.8) is 0 Å². The van der Waals surface area contributed by atoms with Gasteiger partial charge in [-0.3, -0.25) is 0 Å². The minimum absolute atomic E-state index is 0.332. The lowest BCUT2D eigenvalue weighted by molar-refractivity contribution is 0.413. The monoisotopic (exact) mass is 420 g/mol. The average molecular weight is 420 g/mol. The van der Waals surface area contributed by atoms with Gasteiger partial charge in [-0.25, -0.2) is 4.79 Å². The van der Waals surface area contributed by atoms with E-state index in [2.05, 4.69) is 16.3 Å². The lowest BCUT2D eigenvalue weighted by Crippen LogP contribution is -2.01. The van der Waals surface area contributed by atoms with Crippen LogP contribution in [0.25, 0.3) is 11.0 Å². The van der Waals surface area contributed by atoms with E-state index < -0.39 is 0 Å². The molecule has 0 bridgehead atoms. The molecule has 5 rings (SSSR count). The van der Waals surface area contributed by atoms with Crippen molar-refractivity contribution in [2.45, 2.75) is 36.7 Å². The summed E-state index contributed by atoms with van der Waals surface area (Å²) >= 11 is 1.43. The van der Waals surface area contributed by atoms with Crippen molar-refractivity contribution < 1.29 is 13.6 Å². The SMILES string of the molecule is COc1ccc(Cc2nnc(SCc3cc(=O)oc4cc5c(cc34)CCC5)o2)cc1. The van der Waals surface area contributed by atoms with E-state index in [1.807, 2.05) is 30.3 Å². The Morgan fingerprint density at radius 3 is 2.63 bits per heavy atom. The Hall–Kier alpha value is -3.06. The highest BCUT2D eigenvalue weighted by Crippen LogP contribution is 2.31. The Balaban J connectivity index is 1.33. The zero-order valence-corrected chi connectivity index (χ0v) is 17.3. The molecule has 0 fully saturated rings. The summed E-state index contributed by atoms with van der Waals surface area (Å²) in [7, 11) is 1.64. The summed E-state index contributed by atoms with van der Waals surface area (Å²) < 4.78 is 16.4. The normalized spacial score (nSPS) is 13.0. The van der Waals surface area contributed by atoms with Crippen LogP contribution >= 0.6 is 11.8 Å². The lowest BCUT2D eigenvalue weighted by Gasteiger charge is -2.07. The predicted molar refractivity (Wildman–Crippen MR) is 114 cm³/mol. The Bertz CT molecular complexity index is 1260. The van der Waals surface area contributed by atoms with Gasteiger partial charge in [0.15, 0.2) is 0 Å². The Kier molecular flexibility index (Phi) is 5.04. The van der Waals surface area contributed by atoms with Crippen LogP contribution in [-0.4, -0.2) is 17.3 Å². The molecule has 7 heteroatoms. The predicted octanol–water partition coefficient (Wildman–Crippen LogP) is 4.56.